The van der Waals surface area contributed by atoms with E-state index in [0.717, 1.165) is 28.0 Å². The molecule has 1 N–H and O–H groups in total. The lowest BCUT2D eigenvalue weighted by Gasteiger charge is -2.24. The van der Waals surface area contributed by atoms with Crippen LogP contribution in [0.2, 0.25) is 0 Å². The molecule has 182 valence electrons. The molecule has 0 unspecified atom stereocenters. The van der Waals surface area contributed by atoms with Gasteiger partial charge < -0.3 is 14.6 Å². The Morgan fingerprint density at radius 3 is 2.32 bits per heavy atom. The molecule has 5 heteroatoms. The molecule has 0 bridgehead atoms. The van der Waals surface area contributed by atoms with E-state index >= 15 is 0 Å². The molecule has 1 heterocycles. The van der Waals surface area contributed by atoms with E-state index in [9.17, 15) is 4.79 Å². The molecule has 0 aliphatic rings. The molecule has 3 rings (SSSR count). The Labute approximate surface area is 203 Å². The van der Waals surface area contributed by atoms with Gasteiger partial charge in [-0.3, -0.25) is 4.79 Å². The zero-order valence-electron chi connectivity index (χ0n) is 21.2. The van der Waals surface area contributed by atoms with Gasteiger partial charge in [0.15, 0.2) is 0 Å². The van der Waals surface area contributed by atoms with Crippen molar-refractivity contribution in [2.45, 2.75) is 65.9 Å². The van der Waals surface area contributed by atoms with Gasteiger partial charge in [0, 0.05) is 24.2 Å². The Kier molecular flexibility index (Phi) is 10.1. The summed E-state index contributed by atoms with van der Waals surface area (Å²) in [4.78, 5) is 15.1. The predicted molar refractivity (Wildman–Crippen MR) is 138 cm³/mol. The molecule has 0 spiro atoms. The van der Waals surface area contributed by atoms with Gasteiger partial charge in [0.25, 0.3) is 0 Å². The highest BCUT2D eigenvalue weighted by molar-refractivity contribution is 5.69. The van der Waals surface area contributed by atoms with E-state index in [4.69, 9.17) is 14.6 Å². The number of aromatic nitrogens is 1. The molecule has 0 aliphatic carbocycles. The van der Waals surface area contributed by atoms with Crippen LogP contribution in [0.25, 0.3) is 11.1 Å². The van der Waals surface area contributed by atoms with E-state index in [2.05, 4.69) is 57.8 Å². The summed E-state index contributed by atoms with van der Waals surface area (Å²) in [6, 6.07) is 17.9. The minimum atomic E-state index is -0.798. The first kappa shape index (κ1) is 26.9. The number of nitrogens with zero attached hydrogens (tertiary/aromatic N) is 1. The van der Waals surface area contributed by atoms with E-state index < -0.39 is 5.97 Å². The number of hydrogen-bond donors (Lipinski definition) is 1. The van der Waals surface area contributed by atoms with Gasteiger partial charge in [-0.1, -0.05) is 71.4 Å². The Bertz CT molecular complexity index is 1050. The van der Waals surface area contributed by atoms with Crippen LogP contribution in [-0.2, 0) is 23.2 Å². The SMILES string of the molecule is CCC.COc1ccc(-c2ccc(COc3cccc(CCC(=O)O)c3)cc2C(C)(C)C)cn1. The van der Waals surface area contributed by atoms with Crippen LogP contribution in [0.3, 0.4) is 0 Å². The van der Waals surface area contributed by atoms with Crippen molar-refractivity contribution >= 4 is 5.97 Å². The Morgan fingerprint density at radius 1 is 1.00 bits per heavy atom. The second-order valence-corrected chi connectivity index (χ2v) is 9.26. The minimum absolute atomic E-state index is 0.0536. The normalized spacial score (nSPS) is 10.8. The number of rotatable bonds is 8. The van der Waals surface area contributed by atoms with Crippen molar-refractivity contribution in [3.8, 4) is 22.8 Å². The summed E-state index contributed by atoms with van der Waals surface area (Å²) in [5.41, 5.74) is 5.38. The van der Waals surface area contributed by atoms with E-state index in [1.165, 1.54) is 12.0 Å². The topological polar surface area (TPSA) is 68.7 Å². The van der Waals surface area contributed by atoms with Gasteiger partial charge in [0.05, 0.1) is 7.11 Å². The third kappa shape index (κ3) is 8.22. The maximum atomic E-state index is 10.8. The summed E-state index contributed by atoms with van der Waals surface area (Å²) in [6.45, 7) is 11.3. The highest BCUT2D eigenvalue weighted by Crippen LogP contribution is 2.34. The molecule has 3 aromatic rings. The second-order valence-electron chi connectivity index (χ2n) is 9.26. The molecule has 0 saturated carbocycles. The van der Waals surface area contributed by atoms with Crippen LogP contribution in [0.1, 0.15) is 64.2 Å². The maximum Gasteiger partial charge on any atom is 0.303 e. The number of methoxy groups -OCH3 is 1. The third-order valence-corrected chi connectivity index (χ3v) is 5.08. The lowest BCUT2D eigenvalue weighted by Crippen LogP contribution is -2.14. The smallest absolute Gasteiger partial charge is 0.303 e. The molecule has 0 amide bonds. The highest BCUT2D eigenvalue weighted by atomic mass is 16.5. The molecule has 0 fully saturated rings. The summed E-state index contributed by atoms with van der Waals surface area (Å²) in [6.07, 6.45) is 3.69. The number of pyridine rings is 1. The molecule has 0 radical (unpaired) electrons. The zero-order chi connectivity index (χ0) is 25.1. The van der Waals surface area contributed by atoms with Gasteiger partial charge >= 0.3 is 5.97 Å². The standard InChI is InChI=1S/C26H29NO4.C3H8/c1-26(2,3)23-15-19(8-11-22(23)20-10-12-24(30-4)27-16-20)17-31-21-7-5-6-18(14-21)9-13-25(28)29;1-3-2/h5-8,10-12,14-16H,9,13,17H2,1-4H3,(H,28,29);3H2,1-2H3. The molecule has 0 aliphatic heterocycles. The average molecular weight is 464 g/mol. The summed E-state index contributed by atoms with van der Waals surface area (Å²) in [7, 11) is 1.61. The maximum absolute atomic E-state index is 10.8. The lowest BCUT2D eigenvalue weighted by atomic mass is 9.81. The van der Waals surface area contributed by atoms with Gasteiger partial charge in [-0.15, -0.1) is 0 Å². The van der Waals surface area contributed by atoms with Gasteiger partial charge in [0.1, 0.15) is 12.4 Å². The highest BCUT2D eigenvalue weighted by Gasteiger charge is 2.20. The number of aliphatic carboxylic acids is 1. The first-order chi connectivity index (χ1) is 16.2. The second kappa shape index (κ2) is 12.8. The van der Waals surface area contributed by atoms with Crippen molar-refractivity contribution in [2.24, 2.45) is 0 Å². The number of carboxylic acids is 1. The minimum Gasteiger partial charge on any atom is -0.489 e. The first-order valence-electron chi connectivity index (χ1n) is 11.7. The zero-order valence-corrected chi connectivity index (χ0v) is 21.2. The Balaban J connectivity index is 0.00000129. The fourth-order valence-corrected chi connectivity index (χ4v) is 3.42. The van der Waals surface area contributed by atoms with Crippen LogP contribution in [-0.4, -0.2) is 23.2 Å². The monoisotopic (exact) mass is 463 g/mol. The van der Waals surface area contributed by atoms with Gasteiger partial charge in [-0.25, -0.2) is 4.98 Å². The van der Waals surface area contributed by atoms with Crippen molar-refractivity contribution in [1.82, 2.24) is 4.98 Å². The number of carbonyl (C=O) groups is 1. The van der Waals surface area contributed by atoms with Gasteiger partial charge in [-0.2, -0.15) is 0 Å². The van der Waals surface area contributed by atoms with Crippen LogP contribution in [0.4, 0.5) is 0 Å². The fourth-order valence-electron chi connectivity index (χ4n) is 3.42. The van der Waals surface area contributed by atoms with Crippen LogP contribution in [0, 0.1) is 0 Å². The molecule has 34 heavy (non-hydrogen) atoms. The number of carboxylic acid groups (broad SMARTS) is 1. The summed E-state index contributed by atoms with van der Waals surface area (Å²) in [5.74, 6) is 0.536. The molecule has 0 atom stereocenters. The van der Waals surface area contributed by atoms with E-state index in [1.54, 1.807) is 7.11 Å². The summed E-state index contributed by atoms with van der Waals surface area (Å²) >= 11 is 0. The van der Waals surface area contributed by atoms with E-state index in [-0.39, 0.29) is 11.8 Å². The Morgan fingerprint density at radius 2 is 1.74 bits per heavy atom. The number of ether oxygens (including phenoxy) is 2. The van der Waals surface area contributed by atoms with E-state index in [0.29, 0.717) is 18.9 Å². The molecule has 1 aromatic heterocycles. The van der Waals surface area contributed by atoms with Crippen molar-refractivity contribution in [1.29, 1.82) is 0 Å². The largest absolute Gasteiger partial charge is 0.489 e. The van der Waals surface area contributed by atoms with Gasteiger partial charge in [-0.05, 0) is 52.3 Å². The van der Waals surface area contributed by atoms with Crippen LogP contribution >= 0.6 is 0 Å². The molecule has 0 saturated heterocycles. The predicted octanol–water partition coefficient (Wildman–Crippen LogP) is 7.07. The van der Waals surface area contributed by atoms with Crippen molar-refractivity contribution in [3.63, 3.8) is 0 Å². The van der Waals surface area contributed by atoms with Crippen LogP contribution in [0.5, 0.6) is 11.6 Å². The molecule has 2 aromatic carbocycles. The first-order valence-corrected chi connectivity index (χ1v) is 11.7. The fraction of sp³-hybridized carbons (Fsp3) is 0.379. The third-order valence-electron chi connectivity index (χ3n) is 5.08. The summed E-state index contributed by atoms with van der Waals surface area (Å²) < 4.78 is 11.2. The van der Waals surface area contributed by atoms with E-state index in [1.807, 2.05) is 42.6 Å². The molecule has 5 nitrogen and oxygen atoms in total. The van der Waals surface area contributed by atoms with Crippen molar-refractivity contribution in [2.75, 3.05) is 7.11 Å². The van der Waals surface area contributed by atoms with Crippen LogP contribution in [0.15, 0.2) is 60.8 Å². The number of hydrogen-bond acceptors (Lipinski definition) is 4. The van der Waals surface area contributed by atoms with Crippen molar-refractivity contribution < 1.29 is 19.4 Å². The van der Waals surface area contributed by atoms with Gasteiger partial charge in [0.2, 0.25) is 5.88 Å². The molecular formula is C29H37NO4. The Hall–Kier alpha value is -3.34. The summed E-state index contributed by atoms with van der Waals surface area (Å²) in [5, 5.41) is 8.88. The average Bonchev–Trinajstić information content (AvgIpc) is 2.81. The number of aryl methyl sites for hydroxylation is 1. The molecular weight excluding hydrogens is 426 g/mol. The lowest BCUT2D eigenvalue weighted by molar-refractivity contribution is -0.136. The van der Waals surface area contributed by atoms with Crippen molar-refractivity contribution in [3.05, 3.63) is 77.5 Å². The number of benzene rings is 2. The quantitative estimate of drug-likeness (QED) is 0.387. The van der Waals surface area contributed by atoms with Crippen LogP contribution < -0.4 is 9.47 Å².